The molecule has 0 aromatic heterocycles. The summed E-state index contributed by atoms with van der Waals surface area (Å²) in [6, 6.07) is 1.47. The molecule has 1 aliphatic rings. The van der Waals surface area contributed by atoms with Gasteiger partial charge in [-0.1, -0.05) is 13.3 Å². The summed E-state index contributed by atoms with van der Waals surface area (Å²) in [5, 5.41) is 3.50. The first-order valence-corrected chi connectivity index (χ1v) is 6.75. The number of piperidine rings is 1. The predicted molar refractivity (Wildman–Crippen MR) is 68.8 cm³/mol. The standard InChI is InChI=1S/C13H28N2O/c1-4-12(2)15-9-6-5-7-13(15)11-14-8-10-16-3/h12-14H,4-11H2,1-3H3. The van der Waals surface area contributed by atoms with Gasteiger partial charge in [-0.15, -0.1) is 0 Å². The topological polar surface area (TPSA) is 24.5 Å². The van der Waals surface area contributed by atoms with E-state index in [0.717, 1.165) is 31.8 Å². The Morgan fingerprint density at radius 2 is 2.25 bits per heavy atom. The van der Waals surface area contributed by atoms with Crippen molar-refractivity contribution in [2.75, 3.05) is 33.4 Å². The molecule has 1 aliphatic heterocycles. The van der Waals surface area contributed by atoms with Crippen molar-refractivity contribution in [3.8, 4) is 0 Å². The molecule has 96 valence electrons. The van der Waals surface area contributed by atoms with Crippen molar-refractivity contribution < 1.29 is 4.74 Å². The van der Waals surface area contributed by atoms with Crippen LogP contribution in [0.4, 0.5) is 0 Å². The van der Waals surface area contributed by atoms with E-state index in [2.05, 4.69) is 24.1 Å². The van der Waals surface area contributed by atoms with Gasteiger partial charge in [0.1, 0.15) is 0 Å². The third-order valence-electron chi connectivity index (χ3n) is 3.69. The van der Waals surface area contributed by atoms with Crippen LogP contribution in [-0.2, 0) is 4.74 Å². The van der Waals surface area contributed by atoms with Crippen LogP contribution in [0.25, 0.3) is 0 Å². The lowest BCUT2D eigenvalue weighted by Gasteiger charge is -2.39. The van der Waals surface area contributed by atoms with E-state index in [0.29, 0.717) is 0 Å². The molecule has 2 unspecified atom stereocenters. The average molecular weight is 228 g/mol. The fourth-order valence-corrected chi connectivity index (χ4v) is 2.50. The lowest BCUT2D eigenvalue weighted by atomic mass is 9.99. The van der Waals surface area contributed by atoms with Crippen molar-refractivity contribution in [3.63, 3.8) is 0 Å². The normalized spacial score (nSPS) is 24.6. The first-order valence-electron chi connectivity index (χ1n) is 6.75. The fourth-order valence-electron chi connectivity index (χ4n) is 2.50. The van der Waals surface area contributed by atoms with Gasteiger partial charge in [0, 0.05) is 32.3 Å². The Labute approximate surface area is 101 Å². The molecule has 0 amide bonds. The van der Waals surface area contributed by atoms with E-state index < -0.39 is 0 Å². The maximum atomic E-state index is 5.05. The van der Waals surface area contributed by atoms with Crippen LogP contribution < -0.4 is 5.32 Å². The molecule has 0 aromatic carbocycles. The van der Waals surface area contributed by atoms with Crippen LogP contribution in [0, 0.1) is 0 Å². The van der Waals surface area contributed by atoms with Crippen LogP contribution >= 0.6 is 0 Å². The quantitative estimate of drug-likeness (QED) is 0.673. The largest absolute Gasteiger partial charge is 0.383 e. The summed E-state index contributed by atoms with van der Waals surface area (Å²) in [6.45, 7) is 8.83. The van der Waals surface area contributed by atoms with Gasteiger partial charge in [0.25, 0.3) is 0 Å². The second kappa shape index (κ2) is 8.04. The van der Waals surface area contributed by atoms with Gasteiger partial charge >= 0.3 is 0 Å². The molecule has 1 heterocycles. The Morgan fingerprint density at radius 3 is 2.94 bits per heavy atom. The molecule has 1 fully saturated rings. The molecule has 0 spiro atoms. The molecule has 3 nitrogen and oxygen atoms in total. The number of hydrogen-bond acceptors (Lipinski definition) is 3. The second-order valence-corrected chi connectivity index (χ2v) is 4.84. The highest BCUT2D eigenvalue weighted by Crippen LogP contribution is 2.20. The smallest absolute Gasteiger partial charge is 0.0587 e. The van der Waals surface area contributed by atoms with Crippen molar-refractivity contribution in [1.82, 2.24) is 10.2 Å². The second-order valence-electron chi connectivity index (χ2n) is 4.84. The van der Waals surface area contributed by atoms with Crippen LogP contribution in [0.5, 0.6) is 0 Å². The third-order valence-corrected chi connectivity index (χ3v) is 3.69. The van der Waals surface area contributed by atoms with E-state index in [1.165, 1.54) is 32.2 Å². The van der Waals surface area contributed by atoms with Crippen molar-refractivity contribution in [2.24, 2.45) is 0 Å². The van der Waals surface area contributed by atoms with E-state index in [9.17, 15) is 0 Å². The van der Waals surface area contributed by atoms with Crippen molar-refractivity contribution in [3.05, 3.63) is 0 Å². The average Bonchev–Trinajstić information content (AvgIpc) is 2.34. The number of ether oxygens (including phenoxy) is 1. The first-order chi connectivity index (χ1) is 7.79. The summed E-state index contributed by atoms with van der Waals surface area (Å²) in [4.78, 5) is 2.68. The van der Waals surface area contributed by atoms with Gasteiger partial charge in [0.2, 0.25) is 0 Å². The van der Waals surface area contributed by atoms with E-state index >= 15 is 0 Å². The summed E-state index contributed by atoms with van der Waals surface area (Å²) in [5.41, 5.74) is 0. The molecule has 0 radical (unpaired) electrons. The first kappa shape index (κ1) is 13.9. The Hall–Kier alpha value is -0.120. The van der Waals surface area contributed by atoms with Crippen molar-refractivity contribution >= 4 is 0 Å². The Balaban J connectivity index is 2.29. The van der Waals surface area contributed by atoms with Gasteiger partial charge in [-0.3, -0.25) is 4.90 Å². The zero-order valence-electron chi connectivity index (χ0n) is 11.2. The summed E-state index contributed by atoms with van der Waals surface area (Å²) in [7, 11) is 1.76. The monoisotopic (exact) mass is 228 g/mol. The summed E-state index contributed by atoms with van der Waals surface area (Å²) >= 11 is 0. The highest BCUT2D eigenvalue weighted by molar-refractivity contribution is 4.81. The van der Waals surface area contributed by atoms with Crippen LogP contribution in [0.3, 0.4) is 0 Å². The Kier molecular flexibility index (Phi) is 7.01. The number of methoxy groups -OCH3 is 1. The molecule has 3 heteroatoms. The highest BCUT2D eigenvalue weighted by Gasteiger charge is 2.24. The minimum absolute atomic E-state index is 0.731. The van der Waals surface area contributed by atoms with Crippen LogP contribution in [-0.4, -0.2) is 50.3 Å². The maximum absolute atomic E-state index is 5.05. The van der Waals surface area contributed by atoms with E-state index in [1.54, 1.807) is 7.11 Å². The highest BCUT2D eigenvalue weighted by atomic mass is 16.5. The van der Waals surface area contributed by atoms with Crippen molar-refractivity contribution in [2.45, 2.75) is 51.6 Å². The number of rotatable bonds is 7. The molecular formula is C13H28N2O. The predicted octanol–water partition coefficient (Wildman–Crippen LogP) is 1.88. The minimum Gasteiger partial charge on any atom is -0.383 e. The van der Waals surface area contributed by atoms with E-state index in [-0.39, 0.29) is 0 Å². The minimum atomic E-state index is 0.731. The number of nitrogens with zero attached hydrogens (tertiary/aromatic N) is 1. The zero-order chi connectivity index (χ0) is 11.8. The summed E-state index contributed by atoms with van der Waals surface area (Å²) in [6.07, 6.45) is 5.38. The van der Waals surface area contributed by atoms with Crippen molar-refractivity contribution in [1.29, 1.82) is 0 Å². The van der Waals surface area contributed by atoms with Crippen LogP contribution in [0.2, 0.25) is 0 Å². The maximum Gasteiger partial charge on any atom is 0.0587 e. The molecular weight excluding hydrogens is 200 g/mol. The molecule has 0 aromatic rings. The molecule has 16 heavy (non-hydrogen) atoms. The van der Waals surface area contributed by atoms with Crippen LogP contribution in [0.15, 0.2) is 0 Å². The number of nitrogens with one attached hydrogen (secondary N) is 1. The molecule has 1 N–H and O–H groups in total. The molecule has 0 bridgehead atoms. The molecule has 2 atom stereocenters. The van der Waals surface area contributed by atoms with Gasteiger partial charge in [-0.2, -0.15) is 0 Å². The van der Waals surface area contributed by atoms with E-state index in [4.69, 9.17) is 4.74 Å². The molecule has 1 saturated heterocycles. The van der Waals surface area contributed by atoms with Crippen LogP contribution in [0.1, 0.15) is 39.5 Å². The van der Waals surface area contributed by atoms with Gasteiger partial charge in [-0.05, 0) is 32.7 Å². The Bertz CT molecular complexity index is 175. The zero-order valence-corrected chi connectivity index (χ0v) is 11.2. The molecule has 1 rings (SSSR count). The molecule has 0 saturated carbocycles. The Morgan fingerprint density at radius 1 is 1.44 bits per heavy atom. The number of hydrogen-bond donors (Lipinski definition) is 1. The van der Waals surface area contributed by atoms with E-state index in [1.807, 2.05) is 0 Å². The summed E-state index contributed by atoms with van der Waals surface area (Å²) in [5.74, 6) is 0. The lowest BCUT2D eigenvalue weighted by Crippen LogP contribution is -2.49. The van der Waals surface area contributed by atoms with Gasteiger partial charge < -0.3 is 10.1 Å². The van der Waals surface area contributed by atoms with Gasteiger partial charge in [-0.25, -0.2) is 0 Å². The number of likely N-dealkylation sites (tertiary alicyclic amines) is 1. The van der Waals surface area contributed by atoms with Gasteiger partial charge in [0.05, 0.1) is 6.61 Å². The summed E-state index contributed by atoms with van der Waals surface area (Å²) < 4.78 is 5.05. The molecule has 0 aliphatic carbocycles. The third kappa shape index (κ3) is 4.40. The van der Waals surface area contributed by atoms with Gasteiger partial charge in [0.15, 0.2) is 0 Å². The lowest BCUT2D eigenvalue weighted by molar-refractivity contribution is 0.0976. The SMILES string of the molecule is CCC(C)N1CCCCC1CNCCOC. The fraction of sp³-hybridized carbons (Fsp3) is 1.00.